The molecule has 17 heavy (non-hydrogen) atoms. The highest BCUT2D eigenvalue weighted by atomic mass is 32.2. The van der Waals surface area contributed by atoms with Crippen LogP contribution in [0.5, 0.6) is 0 Å². The molecular formula is C13H10F2OS. The van der Waals surface area contributed by atoms with Crippen molar-refractivity contribution in [2.24, 2.45) is 0 Å². The first-order valence-corrected chi connectivity index (χ1v) is 5.84. The maximum absolute atomic E-state index is 13.6. The number of rotatable bonds is 3. The molecule has 0 spiro atoms. The molecule has 0 saturated heterocycles. The molecule has 2 aromatic carbocycles. The van der Waals surface area contributed by atoms with Crippen molar-refractivity contribution in [2.45, 2.75) is 16.4 Å². The lowest BCUT2D eigenvalue weighted by molar-refractivity contribution is 0.277. The summed E-state index contributed by atoms with van der Waals surface area (Å²) in [4.78, 5) is 0.604. The van der Waals surface area contributed by atoms with Crippen LogP contribution in [0.2, 0.25) is 0 Å². The maximum Gasteiger partial charge on any atom is 0.137 e. The molecule has 1 N–H and O–H groups in total. The molecule has 2 aromatic rings. The van der Waals surface area contributed by atoms with Crippen LogP contribution >= 0.6 is 11.8 Å². The third-order valence-corrected chi connectivity index (χ3v) is 3.48. The maximum atomic E-state index is 13.6. The highest BCUT2D eigenvalue weighted by Crippen LogP contribution is 2.34. The number of aliphatic hydroxyl groups is 1. The Morgan fingerprint density at radius 2 is 1.65 bits per heavy atom. The Kier molecular flexibility index (Phi) is 3.76. The van der Waals surface area contributed by atoms with Crippen LogP contribution in [-0.2, 0) is 6.61 Å². The lowest BCUT2D eigenvalue weighted by atomic mass is 10.2. The predicted octanol–water partition coefficient (Wildman–Crippen LogP) is 3.61. The molecule has 2 rings (SSSR count). The zero-order chi connectivity index (χ0) is 12.3. The van der Waals surface area contributed by atoms with E-state index in [1.807, 2.05) is 0 Å². The summed E-state index contributed by atoms with van der Waals surface area (Å²) >= 11 is 0.982. The van der Waals surface area contributed by atoms with Gasteiger partial charge in [0.15, 0.2) is 0 Å². The minimum atomic E-state index is -0.454. The summed E-state index contributed by atoms with van der Waals surface area (Å²) in [5.74, 6) is -0.852. The standard InChI is InChI=1S/C13H10F2OS/c14-10-5-1-2-7-12(10)17-13-9(8-16)4-3-6-11(13)15/h1-7,16H,8H2. The average molecular weight is 252 g/mol. The molecule has 0 atom stereocenters. The van der Waals surface area contributed by atoms with Crippen molar-refractivity contribution in [1.82, 2.24) is 0 Å². The Labute approximate surface area is 102 Å². The van der Waals surface area contributed by atoms with Gasteiger partial charge in [-0.15, -0.1) is 0 Å². The van der Waals surface area contributed by atoms with Gasteiger partial charge in [-0.05, 0) is 23.8 Å². The average Bonchev–Trinajstić information content (AvgIpc) is 2.34. The van der Waals surface area contributed by atoms with Crippen molar-refractivity contribution in [3.63, 3.8) is 0 Å². The molecule has 0 aliphatic heterocycles. The van der Waals surface area contributed by atoms with Crippen LogP contribution in [0.25, 0.3) is 0 Å². The summed E-state index contributed by atoms with van der Waals surface area (Å²) in [7, 11) is 0. The van der Waals surface area contributed by atoms with E-state index in [0.29, 0.717) is 10.5 Å². The van der Waals surface area contributed by atoms with E-state index in [9.17, 15) is 8.78 Å². The zero-order valence-corrected chi connectivity index (χ0v) is 9.68. The second-order valence-corrected chi connectivity index (χ2v) is 4.47. The van der Waals surface area contributed by atoms with Gasteiger partial charge in [-0.25, -0.2) is 8.78 Å². The second kappa shape index (κ2) is 5.29. The molecular weight excluding hydrogens is 242 g/mol. The van der Waals surface area contributed by atoms with Crippen LogP contribution in [0.4, 0.5) is 8.78 Å². The van der Waals surface area contributed by atoms with Gasteiger partial charge < -0.3 is 5.11 Å². The monoisotopic (exact) mass is 252 g/mol. The van der Waals surface area contributed by atoms with Gasteiger partial charge >= 0.3 is 0 Å². The Hall–Kier alpha value is -1.39. The van der Waals surface area contributed by atoms with Gasteiger partial charge in [0, 0.05) is 4.90 Å². The van der Waals surface area contributed by atoms with Crippen molar-refractivity contribution in [2.75, 3.05) is 0 Å². The normalized spacial score (nSPS) is 10.5. The third-order valence-electron chi connectivity index (χ3n) is 2.27. The number of hydrogen-bond donors (Lipinski definition) is 1. The Morgan fingerprint density at radius 3 is 2.35 bits per heavy atom. The van der Waals surface area contributed by atoms with Crippen LogP contribution in [0.3, 0.4) is 0 Å². The molecule has 88 valence electrons. The Morgan fingerprint density at radius 1 is 0.941 bits per heavy atom. The van der Waals surface area contributed by atoms with E-state index in [2.05, 4.69) is 0 Å². The Balaban J connectivity index is 2.39. The zero-order valence-electron chi connectivity index (χ0n) is 8.86. The van der Waals surface area contributed by atoms with Crippen molar-refractivity contribution in [3.8, 4) is 0 Å². The molecule has 0 aliphatic carbocycles. The summed E-state index contributed by atoms with van der Waals surface area (Å²) in [6.07, 6.45) is 0. The molecule has 0 bridgehead atoms. The van der Waals surface area contributed by atoms with E-state index >= 15 is 0 Å². The smallest absolute Gasteiger partial charge is 0.137 e. The number of hydrogen-bond acceptors (Lipinski definition) is 2. The molecule has 0 amide bonds. The quantitative estimate of drug-likeness (QED) is 0.900. The summed E-state index contributed by atoms with van der Waals surface area (Å²) in [5, 5.41) is 9.12. The number of aliphatic hydroxyl groups excluding tert-OH is 1. The Bertz CT molecular complexity index is 529. The molecule has 0 aromatic heterocycles. The third kappa shape index (κ3) is 2.65. The van der Waals surface area contributed by atoms with Crippen molar-refractivity contribution >= 4 is 11.8 Å². The molecule has 0 unspecified atom stereocenters. The number of benzene rings is 2. The topological polar surface area (TPSA) is 20.2 Å². The van der Waals surface area contributed by atoms with Gasteiger partial charge in [0.2, 0.25) is 0 Å². The van der Waals surface area contributed by atoms with Gasteiger partial charge in [0.05, 0.1) is 11.5 Å². The van der Waals surface area contributed by atoms with Gasteiger partial charge in [-0.1, -0.05) is 36.0 Å². The van der Waals surface area contributed by atoms with E-state index in [1.54, 1.807) is 24.3 Å². The van der Waals surface area contributed by atoms with Crippen LogP contribution < -0.4 is 0 Å². The highest BCUT2D eigenvalue weighted by molar-refractivity contribution is 7.99. The van der Waals surface area contributed by atoms with Gasteiger partial charge in [0.1, 0.15) is 11.6 Å². The fourth-order valence-corrected chi connectivity index (χ4v) is 2.39. The second-order valence-electron chi connectivity index (χ2n) is 3.42. The van der Waals surface area contributed by atoms with Gasteiger partial charge in [-0.2, -0.15) is 0 Å². The van der Waals surface area contributed by atoms with Crippen LogP contribution in [0.1, 0.15) is 5.56 Å². The summed E-state index contributed by atoms with van der Waals surface area (Å²) in [6, 6.07) is 10.6. The number of halogens is 2. The predicted molar refractivity (Wildman–Crippen MR) is 62.8 cm³/mol. The van der Waals surface area contributed by atoms with E-state index in [1.165, 1.54) is 18.2 Å². The highest BCUT2D eigenvalue weighted by Gasteiger charge is 2.11. The molecule has 0 fully saturated rings. The lowest BCUT2D eigenvalue weighted by Gasteiger charge is -2.08. The fraction of sp³-hybridized carbons (Fsp3) is 0.0769. The van der Waals surface area contributed by atoms with Crippen LogP contribution in [0, 0.1) is 11.6 Å². The van der Waals surface area contributed by atoms with E-state index in [-0.39, 0.29) is 11.5 Å². The van der Waals surface area contributed by atoms with E-state index in [4.69, 9.17) is 5.11 Å². The minimum Gasteiger partial charge on any atom is -0.392 e. The molecule has 0 saturated carbocycles. The summed E-state index contributed by atoms with van der Waals surface area (Å²) in [5.41, 5.74) is 0.457. The van der Waals surface area contributed by atoms with Crippen molar-refractivity contribution in [3.05, 3.63) is 59.7 Å². The van der Waals surface area contributed by atoms with Crippen molar-refractivity contribution in [1.29, 1.82) is 0 Å². The van der Waals surface area contributed by atoms with Crippen molar-refractivity contribution < 1.29 is 13.9 Å². The van der Waals surface area contributed by atoms with E-state index in [0.717, 1.165) is 11.8 Å². The minimum absolute atomic E-state index is 0.264. The van der Waals surface area contributed by atoms with Gasteiger partial charge in [-0.3, -0.25) is 0 Å². The van der Waals surface area contributed by atoms with E-state index < -0.39 is 11.6 Å². The molecule has 4 heteroatoms. The fourth-order valence-electron chi connectivity index (χ4n) is 1.43. The first-order chi connectivity index (χ1) is 8.22. The summed E-state index contributed by atoms with van der Waals surface area (Å²) < 4.78 is 27.0. The first kappa shape index (κ1) is 12.1. The largest absolute Gasteiger partial charge is 0.392 e. The lowest BCUT2D eigenvalue weighted by Crippen LogP contribution is -1.92. The SMILES string of the molecule is OCc1cccc(F)c1Sc1ccccc1F. The molecule has 0 aliphatic rings. The molecule has 0 radical (unpaired) electrons. The summed E-state index contributed by atoms with van der Waals surface area (Å²) in [6.45, 7) is -0.269. The molecule has 0 heterocycles. The van der Waals surface area contributed by atoms with Gasteiger partial charge in [0.25, 0.3) is 0 Å². The first-order valence-electron chi connectivity index (χ1n) is 5.03. The van der Waals surface area contributed by atoms with Crippen LogP contribution in [-0.4, -0.2) is 5.11 Å². The molecule has 1 nitrogen and oxygen atoms in total. The van der Waals surface area contributed by atoms with Crippen LogP contribution in [0.15, 0.2) is 52.3 Å².